The predicted octanol–water partition coefficient (Wildman–Crippen LogP) is 4.46. The molecule has 4 rings (SSSR count). The average molecular weight is 407 g/mol. The molecule has 0 spiro atoms. The number of pyridine rings is 1. The number of aromatic hydroxyl groups is 1. The van der Waals surface area contributed by atoms with Crippen molar-refractivity contribution in [1.82, 2.24) is 4.98 Å². The highest BCUT2D eigenvalue weighted by molar-refractivity contribution is 7.18. The molecule has 0 bridgehead atoms. The van der Waals surface area contributed by atoms with Crippen LogP contribution in [0.5, 0.6) is 5.75 Å². The number of H-pyrrole nitrogens is 1. The summed E-state index contributed by atoms with van der Waals surface area (Å²) in [6, 6.07) is 3.50. The third-order valence-corrected chi connectivity index (χ3v) is 6.33. The van der Waals surface area contributed by atoms with Crippen molar-refractivity contribution in [2.45, 2.75) is 26.2 Å². The van der Waals surface area contributed by atoms with E-state index in [1.807, 2.05) is 0 Å². The van der Waals surface area contributed by atoms with E-state index in [-0.39, 0.29) is 22.0 Å². The van der Waals surface area contributed by atoms with Gasteiger partial charge in [-0.15, -0.1) is 11.3 Å². The number of hydrogen-bond donors (Lipinski definition) is 3. The molecule has 1 aliphatic rings. The van der Waals surface area contributed by atoms with Crippen LogP contribution in [0.2, 0.25) is 5.02 Å². The Balaban J connectivity index is 1.79. The van der Waals surface area contributed by atoms with Crippen molar-refractivity contribution in [3.8, 4) is 5.75 Å². The molecule has 8 heteroatoms. The fourth-order valence-electron chi connectivity index (χ4n) is 3.47. The summed E-state index contributed by atoms with van der Waals surface area (Å²) in [6.07, 6.45) is 2.67. The summed E-state index contributed by atoms with van der Waals surface area (Å²) in [6.45, 7) is 2.17. The molecule has 0 fully saturated rings. The van der Waals surface area contributed by atoms with Crippen LogP contribution in [-0.2, 0) is 12.8 Å². The lowest BCUT2D eigenvalue weighted by atomic mass is 9.89. The molecule has 2 aromatic heterocycles. The van der Waals surface area contributed by atoms with Crippen molar-refractivity contribution in [3.63, 3.8) is 0 Å². The van der Waals surface area contributed by atoms with E-state index in [0.717, 1.165) is 41.8 Å². The van der Waals surface area contributed by atoms with Crippen molar-refractivity contribution in [2.24, 2.45) is 5.92 Å². The number of fused-ring (bicyclic) bond motifs is 3. The Labute approximate surface area is 162 Å². The Morgan fingerprint density at radius 3 is 2.96 bits per heavy atom. The van der Waals surface area contributed by atoms with Gasteiger partial charge in [-0.25, -0.2) is 4.39 Å². The summed E-state index contributed by atoms with van der Waals surface area (Å²) in [4.78, 5) is 29.5. The smallest absolute Gasteiger partial charge is 0.265 e. The van der Waals surface area contributed by atoms with E-state index >= 15 is 0 Å². The highest BCUT2D eigenvalue weighted by Gasteiger charge is 2.27. The number of aromatic amines is 1. The molecule has 1 aromatic carbocycles. The summed E-state index contributed by atoms with van der Waals surface area (Å²) in [5.74, 6) is -1.12. The van der Waals surface area contributed by atoms with Crippen LogP contribution in [0.1, 0.15) is 34.1 Å². The highest BCUT2D eigenvalue weighted by atomic mass is 35.5. The minimum Gasteiger partial charge on any atom is -0.506 e. The molecule has 1 amide bonds. The number of aromatic nitrogens is 1. The molecule has 3 aromatic rings. The molecule has 0 radical (unpaired) electrons. The van der Waals surface area contributed by atoms with E-state index in [9.17, 15) is 19.1 Å². The number of amides is 1. The van der Waals surface area contributed by atoms with Crippen LogP contribution in [-0.4, -0.2) is 16.0 Å². The van der Waals surface area contributed by atoms with Crippen molar-refractivity contribution in [3.05, 3.63) is 55.4 Å². The number of benzene rings is 1. The molecular weight excluding hydrogens is 391 g/mol. The first-order chi connectivity index (χ1) is 12.8. The first-order valence-electron chi connectivity index (χ1n) is 8.51. The van der Waals surface area contributed by atoms with Crippen molar-refractivity contribution in [2.75, 3.05) is 5.32 Å². The van der Waals surface area contributed by atoms with Crippen molar-refractivity contribution in [1.29, 1.82) is 0 Å². The van der Waals surface area contributed by atoms with Crippen LogP contribution in [0, 0.1) is 11.7 Å². The van der Waals surface area contributed by atoms with Crippen molar-refractivity contribution < 1.29 is 14.3 Å². The topological polar surface area (TPSA) is 82.2 Å². The summed E-state index contributed by atoms with van der Waals surface area (Å²) in [5, 5.41) is 13.7. The monoisotopic (exact) mass is 406 g/mol. The fraction of sp³-hybridized carbons (Fsp3) is 0.263. The number of thiophene rings is 1. The summed E-state index contributed by atoms with van der Waals surface area (Å²) >= 11 is 7.38. The van der Waals surface area contributed by atoms with E-state index in [2.05, 4.69) is 17.2 Å². The van der Waals surface area contributed by atoms with Gasteiger partial charge in [-0.05, 0) is 48.9 Å². The van der Waals surface area contributed by atoms with Gasteiger partial charge in [-0.1, -0.05) is 18.5 Å². The van der Waals surface area contributed by atoms with Crippen LogP contribution in [0.25, 0.3) is 10.2 Å². The van der Waals surface area contributed by atoms with Gasteiger partial charge in [0.25, 0.3) is 11.5 Å². The SMILES string of the molecule is CC1CCc2c(sc3[nH]c(=O)c(C(=O)Nc4ccc(F)cc4Cl)c(O)c23)C1. The van der Waals surface area contributed by atoms with E-state index in [0.29, 0.717) is 16.1 Å². The number of carbonyl (C=O) groups excluding carboxylic acids is 1. The summed E-state index contributed by atoms with van der Waals surface area (Å²) in [5.41, 5.74) is 0.100. The fourth-order valence-corrected chi connectivity index (χ4v) is 5.10. The highest BCUT2D eigenvalue weighted by Crippen LogP contribution is 2.41. The Hall–Kier alpha value is -2.38. The second-order valence-electron chi connectivity index (χ2n) is 6.81. The minimum absolute atomic E-state index is 0.00208. The van der Waals surface area contributed by atoms with Gasteiger partial charge in [0.1, 0.15) is 22.0 Å². The minimum atomic E-state index is -0.798. The van der Waals surface area contributed by atoms with Gasteiger partial charge in [-0.3, -0.25) is 9.59 Å². The third-order valence-electron chi connectivity index (χ3n) is 4.85. The lowest BCUT2D eigenvalue weighted by molar-refractivity contribution is 0.102. The first-order valence-corrected chi connectivity index (χ1v) is 9.70. The molecule has 1 atom stereocenters. The number of aryl methyl sites for hydroxylation is 1. The van der Waals surface area contributed by atoms with Crippen LogP contribution in [0.4, 0.5) is 10.1 Å². The quantitative estimate of drug-likeness (QED) is 0.587. The molecule has 1 unspecified atom stereocenters. The van der Waals surface area contributed by atoms with Gasteiger partial charge >= 0.3 is 0 Å². The normalized spacial score (nSPS) is 16.3. The number of anilines is 1. The van der Waals surface area contributed by atoms with Crippen LogP contribution < -0.4 is 10.9 Å². The van der Waals surface area contributed by atoms with Gasteiger partial charge < -0.3 is 15.4 Å². The molecular formula is C19H16ClFN2O3S. The van der Waals surface area contributed by atoms with Crippen molar-refractivity contribution >= 4 is 44.7 Å². The Morgan fingerprint density at radius 1 is 1.44 bits per heavy atom. The van der Waals surface area contributed by atoms with Gasteiger partial charge in [-0.2, -0.15) is 0 Å². The average Bonchev–Trinajstić information content (AvgIpc) is 2.94. The Morgan fingerprint density at radius 2 is 2.22 bits per heavy atom. The maximum atomic E-state index is 13.2. The molecule has 27 heavy (non-hydrogen) atoms. The maximum Gasteiger partial charge on any atom is 0.265 e. The van der Waals surface area contributed by atoms with E-state index in [1.165, 1.54) is 17.4 Å². The number of nitrogens with one attached hydrogen (secondary N) is 2. The van der Waals surface area contributed by atoms with E-state index < -0.39 is 17.3 Å². The van der Waals surface area contributed by atoms with Crippen LogP contribution in [0.15, 0.2) is 23.0 Å². The first kappa shape index (κ1) is 18.0. The molecule has 0 aliphatic heterocycles. The largest absolute Gasteiger partial charge is 0.506 e. The molecule has 3 N–H and O–H groups in total. The zero-order valence-corrected chi connectivity index (χ0v) is 15.9. The standard InChI is InChI=1S/C19H16ClFN2O3S/c1-8-2-4-10-13(6-8)27-19-14(10)16(24)15(18(26)23-19)17(25)22-12-5-3-9(21)7-11(12)20/h3,5,7-8H,2,4,6H2,1H3,(H,22,25)(H2,23,24,26). The number of halogens is 2. The van der Waals surface area contributed by atoms with Gasteiger partial charge in [0.15, 0.2) is 0 Å². The van der Waals surface area contributed by atoms with Crippen LogP contribution >= 0.6 is 22.9 Å². The van der Waals surface area contributed by atoms with E-state index in [1.54, 1.807) is 0 Å². The second-order valence-corrected chi connectivity index (χ2v) is 8.32. The Kier molecular flexibility index (Phi) is 4.44. The predicted molar refractivity (Wildman–Crippen MR) is 105 cm³/mol. The van der Waals surface area contributed by atoms with Gasteiger partial charge in [0.05, 0.1) is 16.1 Å². The maximum absolute atomic E-state index is 13.2. The molecule has 1 aliphatic carbocycles. The lowest BCUT2D eigenvalue weighted by Gasteiger charge is -2.18. The van der Waals surface area contributed by atoms with Gasteiger partial charge in [0, 0.05) is 4.88 Å². The summed E-state index contributed by atoms with van der Waals surface area (Å²) < 4.78 is 13.2. The zero-order valence-electron chi connectivity index (χ0n) is 14.4. The van der Waals surface area contributed by atoms with E-state index in [4.69, 9.17) is 11.6 Å². The zero-order chi connectivity index (χ0) is 19.3. The number of rotatable bonds is 2. The second kappa shape index (κ2) is 6.65. The number of hydrogen-bond acceptors (Lipinski definition) is 4. The number of carbonyl (C=O) groups is 1. The third kappa shape index (κ3) is 3.11. The molecule has 140 valence electrons. The van der Waals surface area contributed by atoms with Gasteiger partial charge in [0.2, 0.25) is 0 Å². The summed E-state index contributed by atoms with van der Waals surface area (Å²) in [7, 11) is 0. The molecule has 0 saturated carbocycles. The van der Waals surface area contributed by atoms with Crippen LogP contribution in [0.3, 0.4) is 0 Å². The molecule has 5 nitrogen and oxygen atoms in total. The Bertz CT molecular complexity index is 1140. The molecule has 0 saturated heterocycles. The molecule has 2 heterocycles. The lowest BCUT2D eigenvalue weighted by Crippen LogP contribution is -2.23.